The van der Waals surface area contributed by atoms with Crippen molar-refractivity contribution in [2.45, 2.75) is 58.7 Å². The standard InChI is InChI=1S/C22H27N5O3S2/c1-4-12(2)24-8-6-18(28)26-21-19(20-25-15-10-23-7-5-16(15)31-20)14-9-13(3)27(22(29)30)11-17(14)32-21/h5,7,10,12-13,24H,4,6,8-9,11H2,1-3H3,(H,26,28)(H,29,30)/t12-,13+/m0/s1. The molecule has 1 aliphatic rings. The summed E-state index contributed by atoms with van der Waals surface area (Å²) >= 11 is 3.02. The molecule has 3 aromatic heterocycles. The second-order valence-corrected chi connectivity index (χ2v) is 10.2. The van der Waals surface area contributed by atoms with Crippen LogP contribution >= 0.6 is 22.7 Å². The Morgan fingerprint density at radius 1 is 1.38 bits per heavy atom. The number of amides is 2. The molecule has 0 aromatic carbocycles. The molecule has 0 saturated heterocycles. The Hall–Kier alpha value is -2.56. The number of carbonyl (C=O) groups excluding carboxylic acids is 1. The summed E-state index contributed by atoms with van der Waals surface area (Å²) in [5.74, 6) is -0.0634. The molecule has 0 unspecified atom stereocenters. The predicted octanol–water partition coefficient (Wildman–Crippen LogP) is 4.56. The smallest absolute Gasteiger partial charge is 0.407 e. The molecule has 3 aromatic rings. The van der Waals surface area contributed by atoms with Gasteiger partial charge in [0, 0.05) is 41.7 Å². The van der Waals surface area contributed by atoms with Gasteiger partial charge in [0.15, 0.2) is 0 Å². The molecule has 4 heterocycles. The zero-order valence-corrected chi connectivity index (χ0v) is 20.0. The monoisotopic (exact) mass is 473 g/mol. The molecule has 4 rings (SSSR count). The van der Waals surface area contributed by atoms with Gasteiger partial charge in [0.1, 0.15) is 15.5 Å². The van der Waals surface area contributed by atoms with Crippen LogP contribution in [-0.2, 0) is 17.8 Å². The van der Waals surface area contributed by atoms with Crippen molar-refractivity contribution in [3.8, 4) is 10.6 Å². The van der Waals surface area contributed by atoms with Crippen LogP contribution in [-0.4, -0.2) is 50.6 Å². The Morgan fingerprint density at radius 3 is 2.91 bits per heavy atom. The Balaban J connectivity index is 1.67. The van der Waals surface area contributed by atoms with E-state index in [1.807, 2.05) is 13.0 Å². The molecule has 0 spiro atoms. The molecule has 0 radical (unpaired) electrons. The number of thiophene rings is 1. The topological polar surface area (TPSA) is 107 Å². The fraction of sp³-hybridized carbons (Fsp3) is 0.455. The molecule has 3 N–H and O–H groups in total. The first kappa shape index (κ1) is 22.6. The number of hydrogen-bond donors (Lipinski definition) is 3. The van der Waals surface area contributed by atoms with E-state index in [0.29, 0.717) is 32.0 Å². The lowest BCUT2D eigenvalue weighted by Crippen LogP contribution is -2.41. The second-order valence-electron chi connectivity index (χ2n) is 8.10. The maximum Gasteiger partial charge on any atom is 0.407 e. The first-order valence-electron chi connectivity index (χ1n) is 10.8. The highest BCUT2D eigenvalue weighted by Gasteiger charge is 2.33. The number of hydrogen-bond acceptors (Lipinski definition) is 7. The van der Waals surface area contributed by atoms with Gasteiger partial charge < -0.3 is 20.6 Å². The van der Waals surface area contributed by atoms with Gasteiger partial charge in [-0.25, -0.2) is 9.78 Å². The third-order valence-electron chi connectivity index (χ3n) is 5.80. The Labute approximate surface area is 194 Å². The summed E-state index contributed by atoms with van der Waals surface area (Å²) in [6.45, 7) is 7.05. The summed E-state index contributed by atoms with van der Waals surface area (Å²) in [5.41, 5.74) is 2.82. The van der Waals surface area contributed by atoms with Crippen molar-refractivity contribution in [3.63, 3.8) is 0 Å². The van der Waals surface area contributed by atoms with Crippen LogP contribution < -0.4 is 10.6 Å². The van der Waals surface area contributed by atoms with E-state index >= 15 is 0 Å². The van der Waals surface area contributed by atoms with Crippen molar-refractivity contribution >= 4 is 49.9 Å². The van der Waals surface area contributed by atoms with Crippen molar-refractivity contribution in [2.24, 2.45) is 0 Å². The van der Waals surface area contributed by atoms with Gasteiger partial charge in [-0.3, -0.25) is 9.78 Å². The maximum absolute atomic E-state index is 12.7. The number of nitrogens with zero attached hydrogens (tertiary/aromatic N) is 3. The van der Waals surface area contributed by atoms with Gasteiger partial charge in [-0.15, -0.1) is 22.7 Å². The van der Waals surface area contributed by atoms with Crippen LogP contribution in [0.5, 0.6) is 0 Å². The third kappa shape index (κ3) is 4.62. The third-order valence-corrected chi connectivity index (χ3v) is 7.98. The highest BCUT2D eigenvalue weighted by atomic mass is 32.1. The van der Waals surface area contributed by atoms with Gasteiger partial charge in [-0.05, 0) is 38.3 Å². The first-order valence-corrected chi connectivity index (χ1v) is 12.4. The number of carbonyl (C=O) groups is 2. The highest BCUT2D eigenvalue weighted by Crippen LogP contribution is 2.46. The molecular weight excluding hydrogens is 446 g/mol. The van der Waals surface area contributed by atoms with Crippen molar-refractivity contribution < 1.29 is 14.7 Å². The van der Waals surface area contributed by atoms with E-state index in [1.165, 1.54) is 16.2 Å². The van der Waals surface area contributed by atoms with Crippen molar-refractivity contribution in [3.05, 3.63) is 28.9 Å². The Morgan fingerprint density at radius 2 is 2.19 bits per heavy atom. The number of carboxylic acid groups (broad SMARTS) is 1. The van der Waals surface area contributed by atoms with Crippen LogP contribution in [0.25, 0.3) is 20.8 Å². The molecule has 10 heteroatoms. The van der Waals surface area contributed by atoms with Crippen LogP contribution in [0, 0.1) is 0 Å². The minimum Gasteiger partial charge on any atom is -0.465 e. The molecule has 0 fully saturated rings. The Kier molecular flexibility index (Phi) is 6.73. The van der Waals surface area contributed by atoms with Gasteiger partial charge >= 0.3 is 6.09 Å². The van der Waals surface area contributed by atoms with E-state index in [0.717, 1.165) is 42.7 Å². The van der Waals surface area contributed by atoms with Gasteiger partial charge in [0.25, 0.3) is 0 Å². The molecule has 0 bridgehead atoms. The van der Waals surface area contributed by atoms with E-state index in [-0.39, 0.29) is 11.9 Å². The van der Waals surface area contributed by atoms with Crippen LogP contribution in [0.15, 0.2) is 18.5 Å². The molecule has 2 atom stereocenters. The van der Waals surface area contributed by atoms with Gasteiger partial charge in [-0.2, -0.15) is 0 Å². The molecule has 1 aliphatic heterocycles. The normalized spacial score (nSPS) is 16.7. The minimum atomic E-state index is -0.925. The largest absolute Gasteiger partial charge is 0.465 e. The molecule has 0 aliphatic carbocycles. The molecule has 8 nitrogen and oxygen atoms in total. The number of pyridine rings is 1. The van der Waals surface area contributed by atoms with Gasteiger partial charge in [-0.1, -0.05) is 6.92 Å². The Bertz CT molecular complexity index is 1110. The second kappa shape index (κ2) is 9.51. The molecule has 0 saturated carbocycles. The van der Waals surface area contributed by atoms with Crippen molar-refractivity contribution in [1.29, 1.82) is 0 Å². The summed E-state index contributed by atoms with van der Waals surface area (Å²) in [4.78, 5) is 35.7. The molecule has 170 valence electrons. The van der Waals surface area contributed by atoms with Crippen molar-refractivity contribution in [2.75, 3.05) is 11.9 Å². The van der Waals surface area contributed by atoms with E-state index < -0.39 is 6.09 Å². The lowest BCUT2D eigenvalue weighted by atomic mass is 9.98. The molecular formula is C22H27N5O3S2. The van der Waals surface area contributed by atoms with Crippen LogP contribution in [0.3, 0.4) is 0 Å². The average Bonchev–Trinajstić information content (AvgIpc) is 3.32. The van der Waals surface area contributed by atoms with Crippen LogP contribution in [0.4, 0.5) is 9.80 Å². The van der Waals surface area contributed by atoms with E-state index in [4.69, 9.17) is 4.98 Å². The summed E-state index contributed by atoms with van der Waals surface area (Å²) in [6, 6.07) is 2.16. The summed E-state index contributed by atoms with van der Waals surface area (Å²) in [7, 11) is 0. The zero-order valence-electron chi connectivity index (χ0n) is 18.3. The molecule has 2 amide bonds. The quantitative estimate of drug-likeness (QED) is 0.464. The average molecular weight is 474 g/mol. The molecule has 32 heavy (non-hydrogen) atoms. The fourth-order valence-corrected chi connectivity index (χ4v) is 6.12. The lowest BCUT2D eigenvalue weighted by Gasteiger charge is -2.31. The van der Waals surface area contributed by atoms with Gasteiger partial charge in [0.05, 0.1) is 17.4 Å². The number of nitrogens with one attached hydrogen (secondary N) is 2. The fourth-order valence-electron chi connectivity index (χ4n) is 3.79. The van der Waals surface area contributed by atoms with E-state index in [9.17, 15) is 14.7 Å². The zero-order chi connectivity index (χ0) is 22.8. The number of fused-ring (bicyclic) bond motifs is 2. The maximum atomic E-state index is 12.7. The lowest BCUT2D eigenvalue weighted by molar-refractivity contribution is -0.116. The highest BCUT2D eigenvalue weighted by molar-refractivity contribution is 7.22. The minimum absolute atomic E-state index is 0.0634. The summed E-state index contributed by atoms with van der Waals surface area (Å²) in [6.07, 6.45) is 4.52. The summed E-state index contributed by atoms with van der Waals surface area (Å²) < 4.78 is 1.03. The number of anilines is 1. The first-order chi connectivity index (χ1) is 15.4. The van der Waals surface area contributed by atoms with Crippen LogP contribution in [0.1, 0.15) is 44.1 Å². The van der Waals surface area contributed by atoms with E-state index in [2.05, 4.69) is 29.5 Å². The number of rotatable bonds is 7. The predicted molar refractivity (Wildman–Crippen MR) is 128 cm³/mol. The number of thiazole rings is 1. The number of aromatic nitrogens is 2. The van der Waals surface area contributed by atoms with Gasteiger partial charge in [0.2, 0.25) is 5.91 Å². The summed E-state index contributed by atoms with van der Waals surface area (Å²) in [5, 5.41) is 17.6. The van der Waals surface area contributed by atoms with E-state index in [1.54, 1.807) is 23.7 Å². The van der Waals surface area contributed by atoms with Crippen LogP contribution in [0.2, 0.25) is 0 Å². The SMILES string of the molecule is CC[C@H](C)NCCC(=O)Nc1sc2c(c1-c1nc3cnccc3s1)C[C@@H](C)N(C(=O)O)C2. The van der Waals surface area contributed by atoms with Crippen molar-refractivity contribution in [1.82, 2.24) is 20.2 Å².